The molecule has 1 aromatic rings. The van der Waals surface area contributed by atoms with E-state index in [9.17, 15) is 4.79 Å². The van der Waals surface area contributed by atoms with Gasteiger partial charge in [0.1, 0.15) is 0 Å². The van der Waals surface area contributed by atoms with Gasteiger partial charge < -0.3 is 4.57 Å². The monoisotopic (exact) mass is 164 g/mol. The average Bonchev–Trinajstić information content (AvgIpc) is 2.49. The van der Waals surface area contributed by atoms with Gasteiger partial charge in [-0.15, -0.1) is 0 Å². The number of hydrogen-bond donors (Lipinski definition) is 0. The van der Waals surface area contributed by atoms with Crippen molar-refractivity contribution < 1.29 is 4.79 Å². The van der Waals surface area contributed by atoms with E-state index in [1.165, 1.54) is 12.1 Å². The summed E-state index contributed by atoms with van der Waals surface area (Å²) in [6.45, 7) is 3.13. The van der Waals surface area contributed by atoms with E-state index in [1.807, 2.05) is 10.8 Å². The fraction of sp³-hybridized carbons (Fsp3) is 0.556. The quantitative estimate of drug-likeness (QED) is 0.591. The molecule has 0 aliphatic carbocycles. The lowest BCUT2D eigenvalue weighted by molar-refractivity contribution is 0.111. The summed E-state index contributed by atoms with van der Waals surface area (Å²) in [6, 6.07) is 0. The highest BCUT2D eigenvalue weighted by Gasteiger charge is 2.18. The van der Waals surface area contributed by atoms with Crippen molar-refractivity contribution in [2.75, 3.05) is 0 Å². The molecule has 1 atom stereocenters. The van der Waals surface area contributed by atoms with Crippen molar-refractivity contribution in [3.63, 3.8) is 0 Å². The fourth-order valence-electron chi connectivity index (χ4n) is 1.84. The second kappa shape index (κ2) is 2.73. The number of carbonyl (C=O) groups is 1. The van der Waals surface area contributed by atoms with Gasteiger partial charge in [-0.1, -0.05) is 6.92 Å². The molecule has 3 nitrogen and oxygen atoms in total. The van der Waals surface area contributed by atoms with Gasteiger partial charge in [-0.3, -0.25) is 4.79 Å². The van der Waals surface area contributed by atoms with Gasteiger partial charge in [0.2, 0.25) is 0 Å². The zero-order valence-corrected chi connectivity index (χ0v) is 7.16. The molecule has 1 unspecified atom stereocenters. The van der Waals surface area contributed by atoms with Crippen LogP contribution in [-0.2, 0) is 6.54 Å². The molecule has 64 valence electrons. The van der Waals surface area contributed by atoms with Crippen molar-refractivity contribution in [1.29, 1.82) is 0 Å². The van der Waals surface area contributed by atoms with Crippen LogP contribution in [0.2, 0.25) is 0 Å². The van der Waals surface area contributed by atoms with Gasteiger partial charge in [-0.25, -0.2) is 4.98 Å². The van der Waals surface area contributed by atoms with E-state index in [0.717, 1.165) is 19.3 Å². The summed E-state index contributed by atoms with van der Waals surface area (Å²) in [4.78, 5) is 14.6. The summed E-state index contributed by atoms with van der Waals surface area (Å²) < 4.78 is 2.03. The second-order valence-corrected chi connectivity index (χ2v) is 3.35. The van der Waals surface area contributed by atoms with Gasteiger partial charge in [0.05, 0.1) is 0 Å². The molecule has 0 N–H and O–H groups in total. The molecule has 1 aliphatic heterocycles. The molecule has 0 saturated carbocycles. The third kappa shape index (κ3) is 0.967. The van der Waals surface area contributed by atoms with Crippen molar-refractivity contribution in [3.8, 4) is 0 Å². The molecule has 12 heavy (non-hydrogen) atoms. The standard InChI is InChI=1S/C9H12N2O/c1-7-3-2-4-11-8(7)5-10-9(11)6-12/h5-7H,2-4H2,1H3. The predicted octanol–water partition coefficient (Wildman–Crippen LogP) is 1.59. The predicted molar refractivity (Wildman–Crippen MR) is 45.3 cm³/mol. The van der Waals surface area contributed by atoms with Crippen molar-refractivity contribution in [2.24, 2.45) is 0 Å². The lowest BCUT2D eigenvalue weighted by Crippen LogP contribution is -2.14. The lowest BCUT2D eigenvalue weighted by Gasteiger charge is -2.20. The lowest BCUT2D eigenvalue weighted by atomic mass is 9.99. The topological polar surface area (TPSA) is 34.9 Å². The molecular formula is C9H12N2O. The van der Waals surface area contributed by atoms with Crippen molar-refractivity contribution in [2.45, 2.75) is 32.2 Å². The Morgan fingerprint density at radius 1 is 1.75 bits per heavy atom. The van der Waals surface area contributed by atoms with Gasteiger partial charge in [0.25, 0.3) is 0 Å². The minimum atomic E-state index is 0.556. The maximum absolute atomic E-state index is 10.6. The molecule has 0 spiro atoms. The Morgan fingerprint density at radius 3 is 3.33 bits per heavy atom. The number of aromatic nitrogens is 2. The molecule has 0 radical (unpaired) electrons. The fourth-order valence-corrected chi connectivity index (χ4v) is 1.84. The van der Waals surface area contributed by atoms with Crippen LogP contribution in [0.25, 0.3) is 0 Å². The third-order valence-electron chi connectivity index (χ3n) is 2.55. The van der Waals surface area contributed by atoms with Crippen molar-refractivity contribution in [3.05, 3.63) is 17.7 Å². The van der Waals surface area contributed by atoms with E-state index in [4.69, 9.17) is 0 Å². The summed E-state index contributed by atoms with van der Waals surface area (Å²) in [5, 5.41) is 0. The van der Waals surface area contributed by atoms with Gasteiger partial charge in [-0.05, 0) is 18.8 Å². The number of carbonyl (C=O) groups excluding carboxylic acids is 1. The van der Waals surface area contributed by atoms with E-state index in [-0.39, 0.29) is 0 Å². The molecule has 1 aromatic heterocycles. The SMILES string of the molecule is CC1CCCn2c1cnc2C=O. The minimum absolute atomic E-state index is 0.556. The zero-order chi connectivity index (χ0) is 8.55. The third-order valence-corrected chi connectivity index (χ3v) is 2.55. The van der Waals surface area contributed by atoms with Crippen LogP contribution in [0, 0.1) is 0 Å². The van der Waals surface area contributed by atoms with E-state index in [1.54, 1.807) is 0 Å². The molecule has 3 heteroatoms. The van der Waals surface area contributed by atoms with Crippen molar-refractivity contribution in [1.82, 2.24) is 9.55 Å². The van der Waals surface area contributed by atoms with Crippen LogP contribution in [0.3, 0.4) is 0 Å². The Bertz CT molecular complexity index is 303. The molecule has 2 rings (SSSR count). The maximum atomic E-state index is 10.6. The zero-order valence-electron chi connectivity index (χ0n) is 7.16. The van der Waals surface area contributed by atoms with Crippen LogP contribution in [0.5, 0.6) is 0 Å². The number of nitrogens with zero attached hydrogens (tertiary/aromatic N) is 2. The molecular weight excluding hydrogens is 152 g/mol. The summed E-state index contributed by atoms with van der Waals surface area (Å²) in [5.41, 5.74) is 1.21. The normalized spacial score (nSPS) is 21.9. The first-order valence-corrected chi connectivity index (χ1v) is 4.33. The van der Waals surface area contributed by atoms with E-state index >= 15 is 0 Å². The first-order valence-electron chi connectivity index (χ1n) is 4.33. The summed E-state index contributed by atoms with van der Waals surface area (Å²) in [7, 11) is 0. The van der Waals surface area contributed by atoms with Gasteiger partial charge >= 0.3 is 0 Å². The molecule has 1 aliphatic rings. The molecule has 0 saturated heterocycles. The van der Waals surface area contributed by atoms with Crippen LogP contribution in [0.4, 0.5) is 0 Å². The van der Waals surface area contributed by atoms with Crippen LogP contribution >= 0.6 is 0 Å². The summed E-state index contributed by atoms with van der Waals surface area (Å²) in [5.74, 6) is 1.14. The van der Waals surface area contributed by atoms with Gasteiger partial charge in [0.15, 0.2) is 12.1 Å². The number of imidazole rings is 1. The van der Waals surface area contributed by atoms with Gasteiger partial charge in [-0.2, -0.15) is 0 Å². The molecule has 2 heterocycles. The first kappa shape index (κ1) is 7.53. The first-order chi connectivity index (χ1) is 5.83. The average molecular weight is 164 g/mol. The largest absolute Gasteiger partial charge is 0.326 e. The Balaban J connectivity index is 2.47. The highest BCUT2D eigenvalue weighted by Crippen LogP contribution is 2.26. The van der Waals surface area contributed by atoms with Crippen molar-refractivity contribution >= 4 is 6.29 Å². The maximum Gasteiger partial charge on any atom is 0.185 e. The van der Waals surface area contributed by atoms with Crippen LogP contribution in [-0.4, -0.2) is 15.8 Å². The number of rotatable bonds is 1. The van der Waals surface area contributed by atoms with Crippen LogP contribution in [0.15, 0.2) is 6.20 Å². The number of hydrogen-bond acceptors (Lipinski definition) is 2. The van der Waals surface area contributed by atoms with Gasteiger partial charge in [0, 0.05) is 18.4 Å². The summed E-state index contributed by atoms with van der Waals surface area (Å²) in [6.07, 6.45) is 5.03. The second-order valence-electron chi connectivity index (χ2n) is 3.35. The highest BCUT2D eigenvalue weighted by molar-refractivity contribution is 5.69. The molecule has 0 amide bonds. The number of aldehydes is 1. The molecule has 0 aromatic carbocycles. The Kier molecular flexibility index (Phi) is 1.71. The molecule has 0 fully saturated rings. The smallest absolute Gasteiger partial charge is 0.185 e. The van der Waals surface area contributed by atoms with E-state index in [2.05, 4.69) is 11.9 Å². The van der Waals surface area contributed by atoms with E-state index in [0.29, 0.717) is 11.7 Å². The minimum Gasteiger partial charge on any atom is -0.326 e. The van der Waals surface area contributed by atoms with E-state index < -0.39 is 0 Å². The Hall–Kier alpha value is -1.12. The van der Waals surface area contributed by atoms with Crippen LogP contribution < -0.4 is 0 Å². The highest BCUT2D eigenvalue weighted by atomic mass is 16.1. The Labute approximate surface area is 71.4 Å². The molecule has 0 bridgehead atoms. The number of fused-ring (bicyclic) bond motifs is 1. The Morgan fingerprint density at radius 2 is 2.58 bits per heavy atom. The summed E-state index contributed by atoms with van der Waals surface area (Å²) >= 11 is 0. The van der Waals surface area contributed by atoms with Crippen LogP contribution in [0.1, 0.15) is 42.0 Å².